The van der Waals surface area contributed by atoms with E-state index in [1.54, 1.807) is 0 Å². The van der Waals surface area contributed by atoms with Gasteiger partial charge >= 0.3 is 0 Å². The first-order chi connectivity index (χ1) is 27.7. The monoisotopic (exact) mass is 715 g/mol. The van der Waals surface area contributed by atoms with Crippen LogP contribution in [0.2, 0.25) is 0 Å². The first kappa shape index (κ1) is 32.0. The summed E-state index contributed by atoms with van der Waals surface area (Å²) in [5.74, 6) is 0. The van der Waals surface area contributed by atoms with Crippen LogP contribution < -0.4 is 0 Å². The number of nitrogens with zero attached hydrogens (tertiary/aromatic N) is 1. The average molecular weight is 716 g/mol. The molecule has 3 heteroatoms. The van der Waals surface area contributed by atoms with Crippen molar-refractivity contribution in [1.29, 1.82) is 0 Å². The summed E-state index contributed by atoms with van der Waals surface area (Å²) in [4.78, 5) is 5.22. The predicted octanol–water partition coefficient (Wildman–Crippen LogP) is 14.9. The molecule has 0 amide bonds. The van der Waals surface area contributed by atoms with Gasteiger partial charge in [0.15, 0.2) is 0 Å². The van der Waals surface area contributed by atoms with Gasteiger partial charge in [0.05, 0.1) is 11.4 Å². The number of para-hydroxylation sites is 2. The number of rotatable bonds is 6. The Labute approximate surface area is 323 Å². The van der Waals surface area contributed by atoms with Gasteiger partial charge < -0.3 is 8.83 Å². The average Bonchev–Trinajstić information content (AvgIpc) is 3.84. The SMILES string of the molecule is c1ccc(-c2cc(-c3ccc(-c4ccc(-c5ccc6oc7ccccc7c6c5)cc4)cc3)cc(-c3cccc(-c4ccc5oc6ccccc6c5c4)c3)n2)cc1. The van der Waals surface area contributed by atoms with Gasteiger partial charge in [-0.1, -0.05) is 146 Å². The smallest absolute Gasteiger partial charge is 0.135 e. The highest BCUT2D eigenvalue weighted by Crippen LogP contribution is 2.37. The van der Waals surface area contributed by atoms with Gasteiger partial charge in [-0.3, -0.25) is 0 Å². The molecule has 8 aromatic carbocycles. The Hall–Kier alpha value is -7.49. The molecule has 0 saturated heterocycles. The van der Waals surface area contributed by atoms with Gasteiger partial charge in [0.25, 0.3) is 0 Å². The van der Waals surface area contributed by atoms with Crippen LogP contribution in [0, 0.1) is 0 Å². The van der Waals surface area contributed by atoms with Crippen LogP contribution >= 0.6 is 0 Å². The summed E-state index contributed by atoms with van der Waals surface area (Å²) in [7, 11) is 0. The van der Waals surface area contributed by atoms with Crippen molar-refractivity contribution in [1.82, 2.24) is 4.98 Å². The fourth-order valence-electron chi connectivity index (χ4n) is 7.98. The predicted molar refractivity (Wildman–Crippen MR) is 231 cm³/mol. The van der Waals surface area contributed by atoms with E-state index < -0.39 is 0 Å². The molecule has 3 aromatic heterocycles. The Morgan fingerprint density at radius 3 is 1.21 bits per heavy atom. The van der Waals surface area contributed by atoms with Crippen LogP contribution in [0.25, 0.3) is 111 Å². The van der Waals surface area contributed by atoms with Crippen molar-refractivity contribution in [2.75, 3.05) is 0 Å². The third-order valence-electron chi connectivity index (χ3n) is 10.9. The zero-order valence-corrected chi connectivity index (χ0v) is 30.3. The van der Waals surface area contributed by atoms with Crippen molar-refractivity contribution in [2.45, 2.75) is 0 Å². The Balaban J connectivity index is 0.921. The van der Waals surface area contributed by atoms with Crippen LogP contribution in [0.3, 0.4) is 0 Å². The van der Waals surface area contributed by atoms with Gasteiger partial charge in [0.2, 0.25) is 0 Å². The van der Waals surface area contributed by atoms with Crippen LogP contribution in [0.5, 0.6) is 0 Å². The number of pyridine rings is 1. The Bertz CT molecular complexity index is 3230. The van der Waals surface area contributed by atoms with Crippen molar-refractivity contribution in [2.24, 2.45) is 0 Å². The Morgan fingerprint density at radius 2 is 0.625 bits per heavy atom. The number of fused-ring (bicyclic) bond motifs is 6. The van der Waals surface area contributed by atoms with Crippen LogP contribution in [0.4, 0.5) is 0 Å². The quantitative estimate of drug-likeness (QED) is 0.172. The van der Waals surface area contributed by atoms with Gasteiger partial charge in [0, 0.05) is 32.7 Å². The molecular formula is C53H33NO2. The molecule has 0 unspecified atom stereocenters. The first-order valence-corrected chi connectivity index (χ1v) is 18.9. The summed E-state index contributed by atoms with van der Waals surface area (Å²) in [5, 5.41) is 4.53. The van der Waals surface area contributed by atoms with Crippen molar-refractivity contribution in [3.05, 3.63) is 200 Å². The Kier molecular flexibility index (Phi) is 7.49. The van der Waals surface area contributed by atoms with E-state index in [9.17, 15) is 0 Å². The van der Waals surface area contributed by atoms with Gasteiger partial charge in [-0.05, 0) is 99.1 Å². The van der Waals surface area contributed by atoms with Gasteiger partial charge in [-0.25, -0.2) is 4.98 Å². The topological polar surface area (TPSA) is 39.2 Å². The molecule has 0 spiro atoms. The highest BCUT2D eigenvalue weighted by Gasteiger charge is 2.13. The molecule has 0 aliphatic heterocycles. The summed E-state index contributed by atoms with van der Waals surface area (Å²) in [5.41, 5.74) is 16.9. The van der Waals surface area contributed by atoms with Gasteiger partial charge in [-0.2, -0.15) is 0 Å². The summed E-state index contributed by atoms with van der Waals surface area (Å²) in [6, 6.07) is 70.5. The lowest BCUT2D eigenvalue weighted by Gasteiger charge is -2.12. The lowest BCUT2D eigenvalue weighted by Crippen LogP contribution is -1.92. The fraction of sp³-hybridized carbons (Fsp3) is 0. The summed E-state index contributed by atoms with van der Waals surface area (Å²) >= 11 is 0. The molecule has 3 heterocycles. The number of hydrogen-bond acceptors (Lipinski definition) is 3. The van der Waals surface area contributed by atoms with Crippen molar-refractivity contribution in [3.8, 4) is 67.0 Å². The van der Waals surface area contributed by atoms with Crippen molar-refractivity contribution in [3.63, 3.8) is 0 Å². The number of aromatic nitrogens is 1. The minimum atomic E-state index is 0.897. The van der Waals surface area contributed by atoms with Crippen LogP contribution in [0.15, 0.2) is 209 Å². The third kappa shape index (κ3) is 5.66. The van der Waals surface area contributed by atoms with Gasteiger partial charge in [0.1, 0.15) is 22.3 Å². The van der Waals surface area contributed by atoms with Gasteiger partial charge in [-0.15, -0.1) is 0 Å². The maximum atomic E-state index is 6.11. The number of furan rings is 2. The number of benzene rings is 8. The molecule has 0 bridgehead atoms. The zero-order chi connectivity index (χ0) is 37.0. The van der Waals surface area contributed by atoms with Crippen molar-refractivity contribution >= 4 is 43.9 Å². The standard InChI is InChI=1S/C53H33NO2/c1-2-9-38(10-3-1)48-32-43(33-49(54-48)42-12-8-11-39(29-42)41-26-28-53-47(31-41)45-14-5-7-16-51(45)56-53)37-23-19-35(20-24-37)34-17-21-36(22-18-34)40-25-27-52-46(30-40)44-13-4-6-15-50(44)55-52/h1-33H. The molecule has 56 heavy (non-hydrogen) atoms. The molecule has 11 aromatic rings. The molecule has 0 fully saturated rings. The molecule has 0 aliphatic carbocycles. The second kappa shape index (κ2) is 13.1. The second-order valence-corrected chi connectivity index (χ2v) is 14.3. The Morgan fingerprint density at radius 1 is 0.232 bits per heavy atom. The minimum Gasteiger partial charge on any atom is -0.456 e. The van der Waals surface area contributed by atoms with E-state index in [-0.39, 0.29) is 0 Å². The molecule has 0 N–H and O–H groups in total. The van der Waals surface area contributed by atoms with Crippen LogP contribution in [-0.4, -0.2) is 4.98 Å². The van der Waals surface area contributed by atoms with Crippen LogP contribution in [-0.2, 0) is 0 Å². The van der Waals surface area contributed by atoms with E-state index in [1.807, 2.05) is 30.3 Å². The number of hydrogen-bond donors (Lipinski definition) is 0. The fourth-order valence-corrected chi connectivity index (χ4v) is 7.98. The molecule has 0 aliphatic rings. The maximum absolute atomic E-state index is 6.11. The largest absolute Gasteiger partial charge is 0.456 e. The van der Waals surface area contributed by atoms with Crippen molar-refractivity contribution < 1.29 is 8.83 Å². The highest BCUT2D eigenvalue weighted by atomic mass is 16.3. The molecule has 0 saturated carbocycles. The second-order valence-electron chi connectivity index (χ2n) is 14.3. The molecule has 3 nitrogen and oxygen atoms in total. The summed E-state index contributed by atoms with van der Waals surface area (Å²) in [6.07, 6.45) is 0. The van der Waals surface area contributed by atoms with E-state index >= 15 is 0 Å². The molecule has 11 rings (SSSR count). The molecular weight excluding hydrogens is 683 g/mol. The summed E-state index contributed by atoms with van der Waals surface area (Å²) in [6.45, 7) is 0. The normalized spacial score (nSPS) is 11.6. The van der Waals surface area contributed by atoms with E-state index in [4.69, 9.17) is 13.8 Å². The van der Waals surface area contributed by atoms with E-state index in [0.717, 1.165) is 88.6 Å². The first-order valence-electron chi connectivity index (χ1n) is 18.9. The highest BCUT2D eigenvalue weighted by molar-refractivity contribution is 6.07. The third-order valence-corrected chi connectivity index (χ3v) is 10.9. The van der Waals surface area contributed by atoms with E-state index in [1.165, 1.54) is 22.3 Å². The molecule has 0 radical (unpaired) electrons. The minimum absolute atomic E-state index is 0.897. The molecule has 0 atom stereocenters. The lowest BCUT2D eigenvalue weighted by molar-refractivity contribution is 0.668. The molecule has 262 valence electrons. The van der Waals surface area contributed by atoms with E-state index in [0.29, 0.717) is 0 Å². The summed E-state index contributed by atoms with van der Waals surface area (Å²) < 4.78 is 12.2. The maximum Gasteiger partial charge on any atom is 0.135 e. The van der Waals surface area contributed by atoms with Crippen LogP contribution in [0.1, 0.15) is 0 Å². The van der Waals surface area contributed by atoms with E-state index in [2.05, 4.69) is 170 Å². The lowest BCUT2D eigenvalue weighted by atomic mass is 9.95. The zero-order valence-electron chi connectivity index (χ0n) is 30.3.